The second kappa shape index (κ2) is 10.8. The van der Waals surface area contributed by atoms with Gasteiger partial charge in [0.05, 0.1) is 41.4 Å². The number of hydrogen-bond donors (Lipinski definition) is 3. The maximum atomic E-state index is 11.8. The fourth-order valence-corrected chi connectivity index (χ4v) is 5.66. The van der Waals surface area contributed by atoms with Gasteiger partial charge in [-0.15, -0.1) is 0 Å². The average molecular weight is 599 g/mol. The maximum absolute atomic E-state index is 11.8. The summed E-state index contributed by atoms with van der Waals surface area (Å²) in [4.78, 5) is 17.9. The maximum Gasteiger partial charge on any atom is 0.335 e. The van der Waals surface area contributed by atoms with Crippen LogP contribution in [0.2, 0.25) is 5.02 Å². The van der Waals surface area contributed by atoms with E-state index in [2.05, 4.69) is 15.0 Å². The van der Waals surface area contributed by atoms with E-state index in [1.165, 1.54) is 25.3 Å². The van der Waals surface area contributed by atoms with Gasteiger partial charge in [-0.1, -0.05) is 17.7 Å². The number of sulfonamides is 1. The van der Waals surface area contributed by atoms with Crippen LogP contribution in [0.3, 0.4) is 0 Å². The number of carboxylic acids is 1. The molecule has 2 aromatic carbocycles. The molecule has 1 saturated heterocycles. The molecule has 0 bridgehead atoms. The summed E-state index contributed by atoms with van der Waals surface area (Å²) in [5.74, 6) is 0.0976. The Morgan fingerprint density at radius 1 is 1.18 bits per heavy atom. The van der Waals surface area contributed by atoms with Gasteiger partial charge in [0.15, 0.2) is 5.11 Å². The lowest BCUT2D eigenvalue weighted by Gasteiger charge is -2.27. The zero-order valence-electron chi connectivity index (χ0n) is 21.2. The van der Waals surface area contributed by atoms with E-state index in [1.807, 2.05) is 23.1 Å². The third kappa shape index (κ3) is 5.46. The van der Waals surface area contributed by atoms with Crippen molar-refractivity contribution in [1.82, 2.24) is 10.3 Å². The molecule has 3 N–H and O–H groups in total. The van der Waals surface area contributed by atoms with Crippen molar-refractivity contribution in [3.63, 3.8) is 0 Å². The first kappa shape index (κ1) is 27.4. The van der Waals surface area contributed by atoms with Crippen molar-refractivity contribution in [3.05, 3.63) is 95.0 Å². The zero-order chi connectivity index (χ0) is 28.6. The van der Waals surface area contributed by atoms with Gasteiger partial charge in [0.25, 0.3) is 0 Å². The van der Waals surface area contributed by atoms with Crippen LogP contribution in [0.25, 0.3) is 11.3 Å². The highest BCUT2D eigenvalue weighted by atomic mass is 35.5. The Labute approximate surface area is 240 Å². The van der Waals surface area contributed by atoms with E-state index in [4.69, 9.17) is 33.0 Å². The van der Waals surface area contributed by atoms with Crippen LogP contribution < -0.4 is 19.7 Å². The van der Waals surface area contributed by atoms with Crippen molar-refractivity contribution in [3.8, 4) is 17.1 Å². The normalized spacial score (nSPS) is 17.0. The summed E-state index contributed by atoms with van der Waals surface area (Å²) in [6.07, 6.45) is 2.74. The number of carboxylic acid groups (broad SMARTS) is 1. The van der Waals surface area contributed by atoms with Crippen LogP contribution in [0.4, 0.5) is 11.4 Å². The predicted octanol–water partition coefficient (Wildman–Crippen LogP) is 5.25. The molecule has 0 amide bonds. The molecule has 1 aliphatic rings. The Bertz CT molecular complexity index is 1710. The van der Waals surface area contributed by atoms with Crippen molar-refractivity contribution in [2.45, 2.75) is 12.1 Å². The Morgan fingerprint density at radius 2 is 1.98 bits per heavy atom. The molecule has 0 radical (unpaired) electrons. The van der Waals surface area contributed by atoms with Crippen LogP contribution in [0.15, 0.2) is 77.3 Å². The van der Waals surface area contributed by atoms with Crippen molar-refractivity contribution in [2.75, 3.05) is 23.0 Å². The Balaban J connectivity index is 1.61. The third-order valence-corrected chi connectivity index (χ3v) is 7.49. The number of ether oxygens (including phenoxy) is 1. The molecule has 10 nitrogen and oxygen atoms in total. The quantitative estimate of drug-likeness (QED) is 0.231. The summed E-state index contributed by atoms with van der Waals surface area (Å²) in [7, 11) is -2.10. The molecule has 0 saturated carbocycles. The second-order valence-corrected chi connectivity index (χ2v) is 11.5. The van der Waals surface area contributed by atoms with Crippen molar-refractivity contribution < 1.29 is 27.5 Å². The number of furan rings is 1. The first-order chi connectivity index (χ1) is 19.1. The van der Waals surface area contributed by atoms with Gasteiger partial charge in [0.1, 0.15) is 23.3 Å². The van der Waals surface area contributed by atoms with Crippen LogP contribution >= 0.6 is 23.8 Å². The highest BCUT2D eigenvalue weighted by molar-refractivity contribution is 7.92. The minimum atomic E-state index is -3.54. The monoisotopic (exact) mass is 598 g/mol. The highest BCUT2D eigenvalue weighted by Gasteiger charge is 2.43. The third-order valence-electron chi connectivity index (χ3n) is 6.25. The van der Waals surface area contributed by atoms with Gasteiger partial charge in [-0.2, -0.15) is 0 Å². The minimum absolute atomic E-state index is 0.0731. The van der Waals surface area contributed by atoms with E-state index >= 15 is 0 Å². The fraction of sp³-hybridized carbons (Fsp3) is 0.148. The van der Waals surface area contributed by atoms with E-state index in [0.717, 1.165) is 6.26 Å². The first-order valence-electron chi connectivity index (χ1n) is 11.8. The van der Waals surface area contributed by atoms with Gasteiger partial charge in [0.2, 0.25) is 10.0 Å². The standard InChI is InChI=1S/C27H23ClN4O6S2/c1-37-23-14-16(7-9-19(23)31-40(2,35)36)32-25(24(30-27(32)39)20-5-3-4-12-29-20)22-11-10-21(38-22)17-13-15(26(33)34)6-8-18(17)28/h3-14,24-25,31H,1-2H3,(H,30,39)(H,33,34)/t24-,25+/m1/s1. The number of pyridine rings is 1. The minimum Gasteiger partial charge on any atom is -0.494 e. The predicted molar refractivity (Wildman–Crippen MR) is 156 cm³/mol. The van der Waals surface area contributed by atoms with E-state index in [9.17, 15) is 18.3 Å². The number of halogens is 1. The van der Waals surface area contributed by atoms with Gasteiger partial charge in [-0.25, -0.2) is 13.2 Å². The number of methoxy groups -OCH3 is 1. The molecule has 5 rings (SSSR count). The summed E-state index contributed by atoms with van der Waals surface area (Å²) in [6, 6.07) is 17.5. The highest BCUT2D eigenvalue weighted by Crippen LogP contribution is 2.45. The number of carbonyl (C=O) groups is 1. The molecule has 3 heterocycles. The summed E-state index contributed by atoms with van der Waals surface area (Å²) in [5, 5.41) is 13.5. The molecule has 40 heavy (non-hydrogen) atoms. The van der Waals surface area contributed by atoms with E-state index in [0.29, 0.717) is 44.3 Å². The number of aromatic nitrogens is 1. The van der Waals surface area contributed by atoms with Crippen LogP contribution in [-0.2, 0) is 10.0 Å². The van der Waals surface area contributed by atoms with E-state index in [1.54, 1.807) is 36.5 Å². The summed E-state index contributed by atoms with van der Waals surface area (Å²) in [6.45, 7) is 0. The van der Waals surface area contributed by atoms with E-state index in [-0.39, 0.29) is 11.3 Å². The molecule has 0 spiro atoms. The fourth-order valence-electron chi connectivity index (χ4n) is 4.54. The molecule has 206 valence electrons. The average Bonchev–Trinajstić information content (AvgIpc) is 3.53. The molecule has 1 fully saturated rings. The summed E-state index contributed by atoms with van der Waals surface area (Å²) < 4.78 is 37.9. The largest absolute Gasteiger partial charge is 0.494 e. The molecule has 2 atom stereocenters. The number of nitrogens with zero attached hydrogens (tertiary/aromatic N) is 2. The van der Waals surface area contributed by atoms with Gasteiger partial charge < -0.3 is 24.5 Å². The topological polar surface area (TPSA) is 134 Å². The van der Waals surface area contributed by atoms with Crippen molar-refractivity contribution in [1.29, 1.82) is 0 Å². The van der Waals surface area contributed by atoms with Crippen LogP contribution in [0.1, 0.15) is 33.9 Å². The molecule has 13 heteroatoms. The zero-order valence-corrected chi connectivity index (χ0v) is 23.5. The van der Waals surface area contributed by atoms with Gasteiger partial charge in [0, 0.05) is 23.5 Å². The van der Waals surface area contributed by atoms with Gasteiger partial charge >= 0.3 is 5.97 Å². The number of thiocarbonyl (C=S) groups is 1. The van der Waals surface area contributed by atoms with Crippen molar-refractivity contribution in [2.24, 2.45) is 0 Å². The number of anilines is 2. The lowest BCUT2D eigenvalue weighted by atomic mass is 10.0. The molecule has 2 aromatic heterocycles. The molecular formula is C27H23ClN4O6S2. The van der Waals surface area contributed by atoms with E-state index < -0.39 is 28.1 Å². The molecule has 0 unspecified atom stereocenters. The summed E-state index contributed by atoms with van der Waals surface area (Å²) in [5.41, 5.74) is 2.10. The lowest BCUT2D eigenvalue weighted by molar-refractivity contribution is 0.0697. The van der Waals surface area contributed by atoms with Gasteiger partial charge in [-0.3, -0.25) is 9.71 Å². The lowest BCUT2D eigenvalue weighted by Crippen LogP contribution is -2.29. The van der Waals surface area contributed by atoms with Gasteiger partial charge in [-0.05, 0) is 66.8 Å². The number of benzene rings is 2. The van der Waals surface area contributed by atoms with Crippen LogP contribution in [-0.4, -0.2) is 43.0 Å². The Kier molecular flexibility index (Phi) is 7.41. The van der Waals surface area contributed by atoms with Crippen LogP contribution in [0.5, 0.6) is 5.75 Å². The smallest absolute Gasteiger partial charge is 0.335 e. The summed E-state index contributed by atoms with van der Waals surface area (Å²) >= 11 is 12.2. The Morgan fingerprint density at radius 3 is 2.65 bits per heavy atom. The van der Waals surface area contributed by atoms with Crippen molar-refractivity contribution >= 4 is 56.3 Å². The number of hydrogen-bond acceptors (Lipinski definition) is 7. The number of rotatable bonds is 8. The Hall–Kier alpha value is -4.13. The molecule has 4 aromatic rings. The molecular weight excluding hydrogens is 576 g/mol. The SMILES string of the molecule is COc1cc(N2C(=S)N[C@H](c3ccccn3)[C@@H]2c2ccc(-c3cc(C(=O)O)ccc3Cl)o2)ccc1NS(C)(=O)=O. The second-order valence-electron chi connectivity index (χ2n) is 8.96. The molecule has 1 aliphatic heterocycles. The molecule has 0 aliphatic carbocycles. The van der Waals surface area contributed by atoms with Crippen LogP contribution in [0, 0.1) is 0 Å². The number of aromatic carboxylic acids is 1. The number of nitrogens with one attached hydrogen (secondary N) is 2. The first-order valence-corrected chi connectivity index (χ1v) is 14.5.